The monoisotopic (exact) mass is 338 g/mol. The number of aliphatic hydroxyl groups excluding tert-OH is 1. The van der Waals surface area contributed by atoms with Crippen molar-refractivity contribution in [3.8, 4) is 5.69 Å². The van der Waals surface area contributed by atoms with E-state index in [-0.39, 0.29) is 11.8 Å². The summed E-state index contributed by atoms with van der Waals surface area (Å²) in [5, 5.41) is 19.4. The predicted octanol–water partition coefficient (Wildman–Crippen LogP) is 4.24. The van der Waals surface area contributed by atoms with Crippen molar-refractivity contribution < 1.29 is 9.90 Å². The summed E-state index contributed by atoms with van der Waals surface area (Å²) in [6.45, 7) is 3.32. The molecule has 130 valence electrons. The highest BCUT2D eigenvalue weighted by Crippen LogP contribution is 2.40. The molecule has 1 aliphatic rings. The van der Waals surface area contributed by atoms with Crippen LogP contribution in [-0.2, 0) is 0 Å². The van der Waals surface area contributed by atoms with E-state index >= 15 is 0 Å². The number of benzene rings is 1. The molecule has 0 bridgehead atoms. The van der Waals surface area contributed by atoms with Gasteiger partial charge in [0.1, 0.15) is 5.82 Å². The van der Waals surface area contributed by atoms with E-state index in [0.717, 1.165) is 24.2 Å². The lowest BCUT2D eigenvalue weighted by molar-refractivity contribution is 0.254. The highest BCUT2D eigenvalue weighted by molar-refractivity contribution is 5.90. The van der Waals surface area contributed by atoms with Gasteiger partial charge >= 0.3 is 6.03 Å². The molecule has 1 aromatic heterocycles. The molecule has 0 saturated heterocycles. The van der Waals surface area contributed by atoms with Crippen LogP contribution in [0.5, 0.6) is 0 Å². The Morgan fingerprint density at radius 3 is 2.60 bits per heavy atom. The number of urea groups is 1. The van der Waals surface area contributed by atoms with Crippen molar-refractivity contribution in [3.63, 3.8) is 0 Å². The number of hydrogen-bond acceptors (Lipinski definition) is 3. The molecule has 1 aromatic carbocycles. The van der Waals surface area contributed by atoms with Crippen LogP contribution < -0.4 is 10.6 Å². The summed E-state index contributed by atoms with van der Waals surface area (Å²) in [6, 6.07) is 11.3. The van der Waals surface area contributed by atoms with E-state index in [1.807, 2.05) is 36.4 Å². The third-order valence-corrected chi connectivity index (χ3v) is 3.85. The number of carbonyl (C=O) groups is 1. The van der Waals surface area contributed by atoms with Crippen molar-refractivity contribution in [1.82, 2.24) is 15.1 Å². The topological polar surface area (TPSA) is 79.2 Å². The summed E-state index contributed by atoms with van der Waals surface area (Å²) in [7, 11) is 0. The number of carbonyl (C=O) groups excluding carboxylic acids is 1. The molecule has 0 radical (unpaired) electrons. The second kappa shape index (κ2) is 7.25. The molecule has 3 N–H and O–H groups in total. The quantitative estimate of drug-likeness (QED) is 0.563. The van der Waals surface area contributed by atoms with Gasteiger partial charge in [-0.05, 0) is 51.0 Å². The lowest BCUT2D eigenvalue weighted by Gasteiger charge is -2.10. The fourth-order valence-electron chi connectivity index (χ4n) is 2.45. The van der Waals surface area contributed by atoms with Crippen molar-refractivity contribution in [1.29, 1.82) is 0 Å². The van der Waals surface area contributed by atoms with Gasteiger partial charge in [-0.1, -0.05) is 18.2 Å². The summed E-state index contributed by atoms with van der Waals surface area (Å²) >= 11 is 0. The maximum absolute atomic E-state index is 12.3. The zero-order chi connectivity index (χ0) is 17.8. The predicted molar refractivity (Wildman–Crippen MR) is 97.8 cm³/mol. The molecule has 25 heavy (non-hydrogen) atoms. The number of rotatable bonds is 5. The van der Waals surface area contributed by atoms with Gasteiger partial charge in [-0.15, -0.1) is 0 Å². The van der Waals surface area contributed by atoms with Crippen molar-refractivity contribution in [2.45, 2.75) is 32.6 Å². The molecule has 1 saturated carbocycles. The molecular formula is C19H22N4O2. The van der Waals surface area contributed by atoms with Crippen LogP contribution in [0.2, 0.25) is 0 Å². The van der Waals surface area contributed by atoms with Crippen LogP contribution in [0.4, 0.5) is 10.6 Å². The number of hydrogen-bond donors (Lipinski definition) is 3. The molecule has 6 heteroatoms. The highest BCUT2D eigenvalue weighted by atomic mass is 16.3. The second-order valence-electron chi connectivity index (χ2n) is 6.21. The minimum absolute atomic E-state index is 0.179. The number of aromatic nitrogens is 2. The fraction of sp³-hybridized carbons (Fsp3) is 0.263. The third kappa shape index (κ3) is 4.50. The maximum atomic E-state index is 12.3. The normalized spacial score (nSPS) is 15.1. The molecule has 1 heterocycles. The van der Waals surface area contributed by atoms with Crippen molar-refractivity contribution in [2.75, 3.05) is 5.32 Å². The van der Waals surface area contributed by atoms with Crippen molar-refractivity contribution >= 4 is 11.8 Å². The van der Waals surface area contributed by atoms with Gasteiger partial charge in [-0.2, -0.15) is 5.10 Å². The SMILES string of the molecule is C/C(O)=C\C=C(/C)NC(=O)Nc1cc(C2CC2)nn1-c1ccccc1. The first-order valence-electron chi connectivity index (χ1n) is 8.30. The van der Waals surface area contributed by atoms with Crippen LogP contribution >= 0.6 is 0 Å². The Morgan fingerprint density at radius 2 is 1.96 bits per heavy atom. The average Bonchev–Trinajstić information content (AvgIpc) is 3.35. The number of nitrogens with zero attached hydrogens (tertiary/aromatic N) is 2. The Hall–Kier alpha value is -3.02. The molecule has 1 fully saturated rings. The van der Waals surface area contributed by atoms with Gasteiger partial charge in [-0.25, -0.2) is 9.48 Å². The van der Waals surface area contributed by atoms with Gasteiger partial charge < -0.3 is 10.4 Å². The van der Waals surface area contributed by atoms with Crippen molar-refractivity contribution in [2.24, 2.45) is 0 Å². The molecule has 0 unspecified atom stereocenters. The number of aliphatic hydroxyl groups is 1. The first-order chi connectivity index (χ1) is 12.0. The van der Waals surface area contributed by atoms with E-state index in [1.165, 1.54) is 6.08 Å². The van der Waals surface area contributed by atoms with Crippen LogP contribution in [0.3, 0.4) is 0 Å². The van der Waals surface area contributed by atoms with Crippen LogP contribution in [0.1, 0.15) is 38.3 Å². The Balaban J connectivity index is 1.78. The molecule has 6 nitrogen and oxygen atoms in total. The van der Waals surface area contributed by atoms with Gasteiger partial charge in [0.15, 0.2) is 0 Å². The molecule has 2 amide bonds. The summed E-state index contributed by atoms with van der Waals surface area (Å²) < 4.78 is 1.75. The van der Waals surface area contributed by atoms with E-state index < -0.39 is 0 Å². The molecule has 1 aliphatic carbocycles. The summed E-state index contributed by atoms with van der Waals surface area (Å²) in [5.41, 5.74) is 2.53. The largest absolute Gasteiger partial charge is 0.513 e. The van der Waals surface area contributed by atoms with Gasteiger partial charge in [0.2, 0.25) is 0 Å². The summed E-state index contributed by atoms with van der Waals surface area (Å²) in [6.07, 6.45) is 5.45. The van der Waals surface area contributed by atoms with Gasteiger partial charge in [-0.3, -0.25) is 5.32 Å². The van der Waals surface area contributed by atoms with Crippen LogP contribution in [0.15, 0.2) is 60.0 Å². The summed E-state index contributed by atoms with van der Waals surface area (Å²) in [5.74, 6) is 1.30. The van der Waals surface area contributed by atoms with E-state index in [4.69, 9.17) is 0 Å². The maximum Gasteiger partial charge on any atom is 0.324 e. The zero-order valence-corrected chi connectivity index (χ0v) is 14.4. The zero-order valence-electron chi connectivity index (χ0n) is 14.4. The molecule has 0 atom stereocenters. The molecular weight excluding hydrogens is 316 g/mol. The Bertz CT molecular complexity index is 813. The Labute approximate surface area is 146 Å². The van der Waals surface area contributed by atoms with E-state index in [0.29, 0.717) is 17.4 Å². The minimum Gasteiger partial charge on any atom is -0.513 e. The van der Waals surface area contributed by atoms with Crippen molar-refractivity contribution in [3.05, 3.63) is 65.7 Å². The highest BCUT2D eigenvalue weighted by Gasteiger charge is 2.28. The Kier molecular flexibility index (Phi) is 4.88. The number of anilines is 1. The first kappa shape index (κ1) is 16.8. The molecule has 2 aromatic rings. The van der Waals surface area contributed by atoms with E-state index in [1.54, 1.807) is 24.6 Å². The van der Waals surface area contributed by atoms with Crippen LogP contribution in [0.25, 0.3) is 5.69 Å². The average molecular weight is 338 g/mol. The number of para-hydroxylation sites is 1. The third-order valence-electron chi connectivity index (χ3n) is 3.85. The van der Waals surface area contributed by atoms with Crippen LogP contribution in [-0.4, -0.2) is 20.9 Å². The minimum atomic E-state index is -0.350. The molecule has 0 spiro atoms. The van der Waals surface area contributed by atoms with E-state index in [2.05, 4.69) is 15.7 Å². The smallest absolute Gasteiger partial charge is 0.324 e. The lowest BCUT2D eigenvalue weighted by atomic mass is 10.3. The van der Waals surface area contributed by atoms with Gasteiger partial charge in [0, 0.05) is 17.7 Å². The second-order valence-corrected chi connectivity index (χ2v) is 6.21. The fourth-order valence-corrected chi connectivity index (χ4v) is 2.45. The Morgan fingerprint density at radius 1 is 1.24 bits per heavy atom. The standard InChI is InChI=1S/C19H22N4O2/c1-13(8-9-14(2)24)20-19(25)21-18-12-17(15-10-11-15)22-23(18)16-6-4-3-5-7-16/h3-9,12,15,24H,10-11H2,1-2H3,(H2,20,21,25)/b13-8+,14-9+. The first-order valence-corrected chi connectivity index (χ1v) is 8.30. The lowest BCUT2D eigenvalue weighted by Crippen LogP contribution is -2.28. The van der Waals surface area contributed by atoms with Crippen LogP contribution in [0, 0.1) is 0 Å². The number of amides is 2. The van der Waals surface area contributed by atoms with Gasteiger partial charge in [0.25, 0.3) is 0 Å². The number of allylic oxidation sites excluding steroid dienone is 4. The number of nitrogens with one attached hydrogen (secondary N) is 2. The summed E-state index contributed by atoms with van der Waals surface area (Å²) in [4.78, 5) is 12.3. The molecule has 3 rings (SSSR count). The van der Waals surface area contributed by atoms with E-state index in [9.17, 15) is 9.90 Å². The van der Waals surface area contributed by atoms with Gasteiger partial charge in [0.05, 0.1) is 17.1 Å². The molecule has 0 aliphatic heterocycles.